The summed E-state index contributed by atoms with van der Waals surface area (Å²) in [5.74, 6) is 0.228. The molecule has 1 amide bonds. The molecule has 1 aliphatic carbocycles. The Labute approximate surface area is 230 Å². The van der Waals surface area contributed by atoms with Gasteiger partial charge >= 0.3 is 0 Å². The molecule has 1 aliphatic rings. The van der Waals surface area contributed by atoms with E-state index in [9.17, 15) is 13.2 Å². The van der Waals surface area contributed by atoms with Crippen LogP contribution in [0.25, 0.3) is 0 Å². The molecule has 7 nitrogen and oxygen atoms in total. The highest BCUT2D eigenvalue weighted by molar-refractivity contribution is 7.89. The van der Waals surface area contributed by atoms with E-state index in [1.807, 2.05) is 30.3 Å². The van der Waals surface area contributed by atoms with Gasteiger partial charge < -0.3 is 10.1 Å². The van der Waals surface area contributed by atoms with Gasteiger partial charge in [-0.15, -0.1) is 0 Å². The topological polar surface area (TPSA) is 87.7 Å². The number of carbonyl (C=O) groups is 1. The van der Waals surface area contributed by atoms with Crippen molar-refractivity contribution in [2.75, 3.05) is 19.0 Å². The molecule has 3 aromatic carbocycles. The molecule has 200 valence electrons. The van der Waals surface area contributed by atoms with Crippen LogP contribution in [0.2, 0.25) is 0 Å². The molecule has 38 heavy (non-hydrogen) atoms. The van der Waals surface area contributed by atoms with Crippen LogP contribution in [0.15, 0.2) is 83.8 Å². The number of benzene rings is 3. The minimum atomic E-state index is -3.57. The minimum absolute atomic E-state index is 0.0436. The van der Waals surface area contributed by atoms with Gasteiger partial charge in [-0.1, -0.05) is 55.7 Å². The van der Waals surface area contributed by atoms with Crippen molar-refractivity contribution in [2.24, 2.45) is 0 Å². The molecule has 0 aromatic heterocycles. The van der Waals surface area contributed by atoms with Crippen LogP contribution in [0.3, 0.4) is 0 Å². The van der Waals surface area contributed by atoms with E-state index in [0.29, 0.717) is 23.6 Å². The zero-order valence-corrected chi connectivity index (χ0v) is 23.1. The number of anilines is 1. The molecule has 2 N–H and O–H groups in total. The number of amides is 1. The lowest BCUT2D eigenvalue weighted by Crippen LogP contribution is -2.38. The molecular formula is C29H33N3O4S2. The molecular weight excluding hydrogens is 518 g/mol. The standard InChI is InChI=1S/C29H33N3O4S2/c1-32(25-12-6-3-7-13-25)38(34,35)27-17-15-24(16-18-27)30-29(37)31-28(33)23-11-8-14-26(21-23)36-20-19-22-9-4-2-5-10-22/h2,4-5,8-11,14-18,21,25H,3,6-7,12-13,19-20H2,1H3,(H2,30,31,33,37). The normalized spacial score (nSPS) is 14.2. The summed E-state index contributed by atoms with van der Waals surface area (Å²) in [4.78, 5) is 13.0. The summed E-state index contributed by atoms with van der Waals surface area (Å²) >= 11 is 5.30. The smallest absolute Gasteiger partial charge is 0.257 e. The van der Waals surface area contributed by atoms with Crippen molar-refractivity contribution in [1.82, 2.24) is 9.62 Å². The van der Waals surface area contributed by atoms with Gasteiger partial charge in [0.25, 0.3) is 5.91 Å². The van der Waals surface area contributed by atoms with Crippen molar-refractivity contribution in [3.05, 3.63) is 90.0 Å². The Bertz CT molecular complexity index is 1340. The SMILES string of the molecule is CN(C1CCCCC1)S(=O)(=O)c1ccc(NC(=S)NC(=O)c2cccc(OCCc3ccccc3)c2)cc1. The Balaban J connectivity index is 1.29. The average Bonchev–Trinajstić information content (AvgIpc) is 2.94. The molecule has 0 unspecified atom stereocenters. The number of hydrogen-bond acceptors (Lipinski definition) is 5. The molecule has 9 heteroatoms. The van der Waals surface area contributed by atoms with Gasteiger partial charge in [0.05, 0.1) is 11.5 Å². The van der Waals surface area contributed by atoms with E-state index in [1.54, 1.807) is 55.6 Å². The number of sulfonamides is 1. The predicted octanol–water partition coefficient (Wildman–Crippen LogP) is 5.39. The number of hydrogen-bond donors (Lipinski definition) is 2. The summed E-state index contributed by atoms with van der Waals surface area (Å²) in [6.45, 7) is 0.497. The summed E-state index contributed by atoms with van der Waals surface area (Å²) < 4.78 is 33.4. The fraction of sp³-hybridized carbons (Fsp3) is 0.310. The highest BCUT2D eigenvalue weighted by Gasteiger charge is 2.28. The van der Waals surface area contributed by atoms with Gasteiger partial charge in [0.2, 0.25) is 10.0 Å². The van der Waals surface area contributed by atoms with Crippen LogP contribution < -0.4 is 15.4 Å². The largest absolute Gasteiger partial charge is 0.493 e. The average molecular weight is 552 g/mol. The predicted molar refractivity (Wildman–Crippen MR) is 154 cm³/mol. The first-order valence-electron chi connectivity index (χ1n) is 12.8. The number of thiocarbonyl (C=S) groups is 1. The van der Waals surface area contributed by atoms with Gasteiger partial charge in [-0.05, 0) is 73.1 Å². The monoisotopic (exact) mass is 551 g/mol. The van der Waals surface area contributed by atoms with E-state index in [1.165, 1.54) is 9.87 Å². The van der Waals surface area contributed by atoms with Crippen molar-refractivity contribution in [2.45, 2.75) is 49.5 Å². The highest BCUT2D eigenvalue weighted by atomic mass is 32.2. The summed E-state index contributed by atoms with van der Waals surface area (Å²) in [5.41, 5.74) is 2.17. The number of rotatable bonds is 9. The van der Waals surface area contributed by atoms with Gasteiger partial charge in [0, 0.05) is 30.8 Å². The molecule has 0 spiro atoms. The minimum Gasteiger partial charge on any atom is -0.493 e. The maximum atomic E-state index is 13.0. The van der Waals surface area contributed by atoms with E-state index in [4.69, 9.17) is 17.0 Å². The number of ether oxygens (including phenoxy) is 1. The second-order valence-corrected chi connectivity index (χ2v) is 11.8. The molecule has 0 aliphatic heterocycles. The Morgan fingerprint density at radius 3 is 2.39 bits per heavy atom. The summed E-state index contributed by atoms with van der Waals surface area (Å²) in [6, 6.07) is 23.4. The van der Waals surface area contributed by atoms with Crippen LogP contribution in [0, 0.1) is 0 Å². The van der Waals surface area contributed by atoms with Crippen molar-refractivity contribution in [1.29, 1.82) is 0 Å². The first-order valence-corrected chi connectivity index (χ1v) is 14.6. The fourth-order valence-corrected chi connectivity index (χ4v) is 6.14. The van der Waals surface area contributed by atoms with Crippen molar-refractivity contribution >= 4 is 38.9 Å². The van der Waals surface area contributed by atoms with Crippen LogP contribution in [0.4, 0.5) is 5.69 Å². The van der Waals surface area contributed by atoms with E-state index >= 15 is 0 Å². The first-order chi connectivity index (χ1) is 18.3. The number of carbonyl (C=O) groups excluding carboxylic acids is 1. The van der Waals surface area contributed by atoms with Crippen molar-refractivity contribution in [3.63, 3.8) is 0 Å². The maximum Gasteiger partial charge on any atom is 0.257 e. The third-order valence-electron chi connectivity index (χ3n) is 6.70. The number of nitrogens with zero attached hydrogens (tertiary/aromatic N) is 1. The van der Waals surface area contributed by atoms with Gasteiger partial charge in [-0.2, -0.15) is 4.31 Å². The zero-order chi connectivity index (χ0) is 27.0. The first kappa shape index (κ1) is 27.8. The Hall–Kier alpha value is -3.27. The lowest BCUT2D eigenvalue weighted by Gasteiger charge is -2.30. The molecule has 3 aromatic rings. The second-order valence-electron chi connectivity index (χ2n) is 9.36. The summed E-state index contributed by atoms with van der Waals surface area (Å²) in [6.07, 6.45) is 5.83. The maximum absolute atomic E-state index is 13.0. The Kier molecular flexibility index (Phi) is 9.49. The molecule has 1 saturated carbocycles. The van der Waals surface area contributed by atoms with Crippen LogP contribution in [0.1, 0.15) is 48.0 Å². The molecule has 1 fully saturated rings. The van der Waals surface area contributed by atoms with E-state index in [2.05, 4.69) is 10.6 Å². The van der Waals surface area contributed by atoms with Crippen LogP contribution >= 0.6 is 12.2 Å². The molecule has 0 bridgehead atoms. The second kappa shape index (κ2) is 13.0. The van der Waals surface area contributed by atoms with Gasteiger partial charge in [0.1, 0.15) is 5.75 Å². The van der Waals surface area contributed by atoms with Crippen LogP contribution in [-0.4, -0.2) is 43.4 Å². The van der Waals surface area contributed by atoms with Gasteiger partial charge in [-0.3, -0.25) is 10.1 Å². The van der Waals surface area contributed by atoms with E-state index < -0.39 is 10.0 Å². The number of nitrogens with one attached hydrogen (secondary N) is 2. The molecule has 4 rings (SSSR count). The van der Waals surface area contributed by atoms with E-state index in [-0.39, 0.29) is 22.0 Å². The third kappa shape index (κ3) is 7.40. The van der Waals surface area contributed by atoms with E-state index in [0.717, 1.165) is 38.5 Å². The third-order valence-corrected chi connectivity index (χ3v) is 8.83. The van der Waals surface area contributed by atoms with Crippen LogP contribution in [0.5, 0.6) is 5.75 Å². The van der Waals surface area contributed by atoms with Crippen molar-refractivity contribution < 1.29 is 17.9 Å². The summed E-state index contributed by atoms with van der Waals surface area (Å²) in [7, 11) is -1.92. The lowest BCUT2D eigenvalue weighted by atomic mass is 9.96. The summed E-state index contributed by atoms with van der Waals surface area (Å²) in [5, 5.41) is 5.71. The fourth-order valence-electron chi connectivity index (χ4n) is 4.51. The van der Waals surface area contributed by atoms with Gasteiger partial charge in [-0.25, -0.2) is 8.42 Å². The zero-order valence-electron chi connectivity index (χ0n) is 21.4. The molecule has 0 radical (unpaired) electrons. The molecule has 0 saturated heterocycles. The van der Waals surface area contributed by atoms with Gasteiger partial charge in [0.15, 0.2) is 5.11 Å². The molecule has 0 atom stereocenters. The van der Waals surface area contributed by atoms with Crippen LogP contribution in [-0.2, 0) is 16.4 Å². The highest BCUT2D eigenvalue weighted by Crippen LogP contribution is 2.27. The lowest BCUT2D eigenvalue weighted by molar-refractivity contribution is 0.0977. The quantitative estimate of drug-likeness (QED) is 0.347. The Morgan fingerprint density at radius 2 is 1.68 bits per heavy atom. The molecule has 0 heterocycles. The Morgan fingerprint density at radius 1 is 0.974 bits per heavy atom. The van der Waals surface area contributed by atoms with Crippen molar-refractivity contribution in [3.8, 4) is 5.75 Å².